The molecule has 0 unspecified atom stereocenters. The zero-order valence-corrected chi connectivity index (χ0v) is 16.5. The van der Waals surface area contributed by atoms with Crippen LogP contribution in [0.25, 0.3) is 0 Å². The van der Waals surface area contributed by atoms with Gasteiger partial charge in [-0.2, -0.15) is 0 Å². The van der Waals surface area contributed by atoms with Gasteiger partial charge in [-0.15, -0.1) is 0 Å². The van der Waals surface area contributed by atoms with Gasteiger partial charge in [-0.05, 0) is 44.2 Å². The molecule has 3 N–H and O–H groups in total. The van der Waals surface area contributed by atoms with Gasteiger partial charge in [0, 0.05) is 11.8 Å². The molecule has 9 nitrogen and oxygen atoms in total. The van der Waals surface area contributed by atoms with Crippen LogP contribution in [-0.4, -0.2) is 37.4 Å². The highest BCUT2D eigenvalue weighted by Gasteiger charge is 2.42. The number of nitrogens with one attached hydrogen (secondary N) is 2. The summed E-state index contributed by atoms with van der Waals surface area (Å²) in [5.74, 6) is -0.822. The minimum Gasteiger partial charge on any atom is -0.476 e. The van der Waals surface area contributed by atoms with Gasteiger partial charge in [0.25, 0.3) is 5.91 Å². The van der Waals surface area contributed by atoms with Crippen LogP contribution in [0.5, 0.6) is 5.75 Å². The number of halogens is 1. The Bertz CT molecular complexity index is 1100. The van der Waals surface area contributed by atoms with E-state index in [1.54, 1.807) is 0 Å². The summed E-state index contributed by atoms with van der Waals surface area (Å²) in [7, 11) is -3.73. The number of hydrogen-bond acceptors (Lipinski definition) is 5. The van der Waals surface area contributed by atoms with E-state index in [-0.39, 0.29) is 22.8 Å². The number of ether oxygens (including phenoxy) is 1. The second-order valence-corrected chi connectivity index (χ2v) is 8.65. The molecule has 0 saturated heterocycles. The first-order chi connectivity index (χ1) is 13.4. The Morgan fingerprint density at radius 1 is 1.17 bits per heavy atom. The van der Waals surface area contributed by atoms with Gasteiger partial charge >= 0.3 is 6.09 Å². The van der Waals surface area contributed by atoms with E-state index in [1.807, 2.05) is 0 Å². The third kappa shape index (κ3) is 4.24. The van der Waals surface area contributed by atoms with Gasteiger partial charge in [0.15, 0.2) is 5.60 Å². The molecule has 3 rings (SSSR count). The van der Waals surface area contributed by atoms with E-state index in [2.05, 4.69) is 10.0 Å². The number of sulfonamides is 1. The van der Waals surface area contributed by atoms with Crippen molar-refractivity contribution in [1.29, 1.82) is 0 Å². The lowest BCUT2D eigenvalue weighted by Gasteiger charge is -2.39. The Morgan fingerprint density at radius 2 is 1.79 bits per heavy atom. The third-order valence-corrected chi connectivity index (χ3v) is 4.64. The van der Waals surface area contributed by atoms with Gasteiger partial charge in [0.2, 0.25) is 10.0 Å². The lowest BCUT2D eigenvalue weighted by Crippen LogP contribution is -2.50. The maximum atomic E-state index is 13.3. The Morgan fingerprint density at radius 3 is 2.34 bits per heavy atom. The topological polar surface area (TPSA) is 125 Å². The minimum atomic E-state index is -3.73. The van der Waals surface area contributed by atoms with Crippen LogP contribution in [0.2, 0.25) is 0 Å². The highest BCUT2D eigenvalue weighted by Crippen LogP contribution is 2.46. The number of carbonyl (C=O) groups excluding carboxylic acids is 1. The van der Waals surface area contributed by atoms with E-state index in [4.69, 9.17) is 9.84 Å². The number of carboxylic acid groups (broad SMARTS) is 1. The van der Waals surface area contributed by atoms with Gasteiger partial charge in [-0.1, -0.05) is 0 Å². The molecule has 0 saturated carbocycles. The van der Waals surface area contributed by atoms with Crippen LogP contribution in [0.1, 0.15) is 13.8 Å². The van der Waals surface area contributed by atoms with Crippen LogP contribution in [0.15, 0.2) is 36.4 Å². The number of nitrogens with zero attached hydrogens (tertiary/aromatic N) is 1. The molecule has 1 aliphatic rings. The van der Waals surface area contributed by atoms with E-state index in [0.29, 0.717) is 5.69 Å². The van der Waals surface area contributed by atoms with Crippen LogP contribution in [0.3, 0.4) is 0 Å². The first kappa shape index (κ1) is 20.4. The highest BCUT2D eigenvalue weighted by molar-refractivity contribution is 7.92. The average Bonchev–Trinajstić information content (AvgIpc) is 2.57. The van der Waals surface area contributed by atoms with Crippen LogP contribution >= 0.6 is 0 Å². The molecule has 154 valence electrons. The molecule has 0 bridgehead atoms. The summed E-state index contributed by atoms with van der Waals surface area (Å²) >= 11 is 0. The maximum absolute atomic E-state index is 13.3. The minimum absolute atomic E-state index is 0.0714. The summed E-state index contributed by atoms with van der Waals surface area (Å²) in [6.45, 7) is 3.06. The Kier molecular flexibility index (Phi) is 4.87. The molecule has 2 aromatic rings. The molecule has 0 spiro atoms. The fourth-order valence-corrected chi connectivity index (χ4v) is 3.44. The predicted octanol–water partition coefficient (Wildman–Crippen LogP) is 3.12. The molecule has 2 aromatic carbocycles. The van der Waals surface area contributed by atoms with Gasteiger partial charge in [-0.25, -0.2) is 17.6 Å². The van der Waals surface area contributed by atoms with Crippen LogP contribution < -0.4 is 19.7 Å². The summed E-state index contributed by atoms with van der Waals surface area (Å²) in [6, 6.07) is 7.71. The van der Waals surface area contributed by atoms with Gasteiger partial charge in [0.05, 0.1) is 23.3 Å². The van der Waals surface area contributed by atoms with Crippen molar-refractivity contribution < 1.29 is 32.2 Å². The largest absolute Gasteiger partial charge is 0.476 e. The average molecular weight is 423 g/mol. The molecule has 0 aliphatic carbocycles. The van der Waals surface area contributed by atoms with Crippen LogP contribution in [0.4, 0.5) is 31.9 Å². The standard InChI is InChI=1S/C18H18FN3O6S/c1-18(2)16(23)22(11-6-4-10(19)5-7-11)14-8-12(20-17(24)25)13(9-15(14)28-18)21-29(3,26)27/h4-9,20-21H,1-3H3,(H,24,25). The van der Waals surface area contributed by atoms with Crippen molar-refractivity contribution in [2.45, 2.75) is 19.4 Å². The lowest BCUT2D eigenvalue weighted by atomic mass is 10.0. The number of hydrogen-bond donors (Lipinski definition) is 3. The number of anilines is 4. The van der Waals surface area contributed by atoms with Crippen molar-refractivity contribution in [2.24, 2.45) is 0 Å². The Balaban J connectivity index is 2.23. The molecule has 11 heteroatoms. The molecule has 2 amide bonds. The zero-order valence-electron chi connectivity index (χ0n) is 15.7. The predicted molar refractivity (Wildman–Crippen MR) is 105 cm³/mol. The third-order valence-electron chi connectivity index (χ3n) is 4.05. The molecule has 0 atom stereocenters. The van der Waals surface area contributed by atoms with Crippen molar-refractivity contribution in [3.05, 3.63) is 42.2 Å². The van der Waals surface area contributed by atoms with Gasteiger partial charge < -0.3 is 9.84 Å². The summed E-state index contributed by atoms with van der Waals surface area (Å²) in [5.41, 5.74) is -0.989. The highest BCUT2D eigenvalue weighted by atomic mass is 32.2. The normalized spacial score (nSPS) is 15.3. The molecular weight excluding hydrogens is 405 g/mol. The number of rotatable bonds is 4. The van der Waals surface area contributed by atoms with E-state index in [1.165, 1.54) is 55.1 Å². The summed E-state index contributed by atoms with van der Waals surface area (Å²) < 4.78 is 44.7. The molecule has 29 heavy (non-hydrogen) atoms. The Hall–Kier alpha value is -3.34. The van der Waals surface area contributed by atoms with Crippen molar-refractivity contribution in [3.8, 4) is 5.75 Å². The number of carbonyl (C=O) groups is 2. The molecule has 1 aliphatic heterocycles. The molecule has 0 aromatic heterocycles. The fourth-order valence-electron chi connectivity index (χ4n) is 2.87. The van der Waals surface area contributed by atoms with Gasteiger partial charge in [-0.3, -0.25) is 19.7 Å². The molecule has 0 fully saturated rings. The first-order valence-electron chi connectivity index (χ1n) is 8.32. The van der Waals surface area contributed by atoms with Crippen LogP contribution in [0, 0.1) is 5.82 Å². The maximum Gasteiger partial charge on any atom is 0.409 e. The SMILES string of the molecule is CC1(C)Oc2cc(NS(C)(=O)=O)c(NC(=O)O)cc2N(c2ccc(F)cc2)C1=O. The second-order valence-electron chi connectivity index (χ2n) is 6.90. The van der Waals surface area contributed by atoms with Crippen molar-refractivity contribution in [3.63, 3.8) is 0 Å². The smallest absolute Gasteiger partial charge is 0.409 e. The fraction of sp³-hybridized carbons (Fsp3) is 0.222. The molecule has 0 radical (unpaired) electrons. The molecule has 1 heterocycles. The van der Waals surface area contributed by atoms with E-state index in [0.717, 1.165) is 6.26 Å². The number of amides is 2. The summed E-state index contributed by atoms with van der Waals surface area (Å²) in [5, 5.41) is 11.2. The van der Waals surface area contributed by atoms with Gasteiger partial charge in [0.1, 0.15) is 11.6 Å². The Labute approximate surface area is 166 Å². The van der Waals surface area contributed by atoms with Crippen molar-refractivity contribution in [1.82, 2.24) is 0 Å². The zero-order chi connectivity index (χ0) is 21.6. The van der Waals surface area contributed by atoms with E-state index in [9.17, 15) is 22.4 Å². The second kappa shape index (κ2) is 6.92. The summed E-state index contributed by atoms with van der Waals surface area (Å²) in [6.07, 6.45) is -0.519. The number of fused-ring (bicyclic) bond motifs is 1. The first-order valence-corrected chi connectivity index (χ1v) is 10.2. The molecular formula is C18H18FN3O6S. The monoisotopic (exact) mass is 423 g/mol. The van der Waals surface area contributed by atoms with Crippen molar-refractivity contribution >= 4 is 44.8 Å². The number of benzene rings is 2. The summed E-state index contributed by atoms with van der Waals surface area (Å²) in [4.78, 5) is 25.4. The van der Waals surface area contributed by atoms with Crippen LogP contribution in [-0.2, 0) is 14.8 Å². The van der Waals surface area contributed by atoms with E-state index >= 15 is 0 Å². The lowest BCUT2D eigenvalue weighted by molar-refractivity contribution is -0.131. The van der Waals surface area contributed by atoms with E-state index < -0.39 is 33.4 Å². The van der Waals surface area contributed by atoms with Crippen molar-refractivity contribution in [2.75, 3.05) is 21.2 Å². The quantitative estimate of drug-likeness (QED) is 0.694.